The summed E-state index contributed by atoms with van der Waals surface area (Å²) in [5.74, 6) is 0.225. The van der Waals surface area contributed by atoms with E-state index >= 15 is 0 Å². The molecule has 0 bridgehead atoms. The van der Waals surface area contributed by atoms with Crippen LogP contribution in [0.3, 0.4) is 0 Å². The maximum atomic E-state index is 13.5. The third kappa shape index (κ3) is 4.79. The number of nitrogens with zero attached hydrogens (tertiary/aromatic N) is 4. The Balaban J connectivity index is 2.08. The zero-order valence-corrected chi connectivity index (χ0v) is 19.3. The number of carbonyl (C=O) groups excluding carboxylic acids is 1. The summed E-state index contributed by atoms with van der Waals surface area (Å²) in [7, 11) is 5.46. The Morgan fingerprint density at radius 2 is 2.00 bits per heavy atom. The van der Waals surface area contributed by atoms with Crippen molar-refractivity contribution in [1.29, 1.82) is 0 Å². The van der Waals surface area contributed by atoms with E-state index in [9.17, 15) is 14.9 Å². The molecule has 0 spiro atoms. The number of hydrogen-bond donors (Lipinski definition) is 0. The number of benzene rings is 2. The molecule has 31 heavy (non-hydrogen) atoms. The average molecular weight is 463 g/mol. The number of fused-ring (bicyclic) bond motifs is 1. The molecule has 8 nitrogen and oxygen atoms in total. The number of anilines is 1. The van der Waals surface area contributed by atoms with Crippen LogP contribution in [-0.2, 0) is 0 Å². The van der Waals surface area contributed by atoms with Crippen LogP contribution >= 0.6 is 22.9 Å². The first-order valence-corrected chi connectivity index (χ1v) is 10.8. The molecule has 0 unspecified atom stereocenters. The highest BCUT2D eigenvalue weighted by Gasteiger charge is 2.26. The molecule has 1 aromatic heterocycles. The standard InChI is InChI=1S/C21H23ClN4O4S/c1-13-14(7-5-8-16(13)26(28)29)20(27)25(12-6-11-24(2)3)21-23-18-17(30-4)10-9-15(22)19(18)31-21/h5,7-10H,6,11-12H2,1-4H3. The number of nitro benzene ring substituents is 1. The van der Waals surface area contributed by atoms with Crippen molar-refractivity contribution in [2.45, 2.75) is 13.3 Å². The molecular formula is C21H23ClN4O4S. The van der Waals surface area contributed by atoms with Crippen LogP contribution in [0, 0.1) is 17.0 Å². The zero-order valence-electron chi connectivity index (χ0n) is 17.7. The number of amides is 1. The quantitative estimate of drug-likeness (QED) is 0.353. The molecular weight excluding hydrogens is 440 g/mol. The van der Waals surface area contributed by atoms with Gasteiger partial charge < -0.3 is 9.64 Å². The van der Waals surface area contributed by atoms with Crippen molar-refractivity contribution in [2.75, 3.05) is 39.2 Å². The number of methoxy groups -OCH3 is 1. The van der Waals surface area contributed by atoms with Gasteiger partial charge in [0, 0.05) is 23.7 Å². The monoisotopic (exact) mass is 462 g/mol. The van der Waals surface area contributed by atoms with E-state index in [2.05, 4.69) is 4.98 Å². The Morgan fingerprint density at radius 3 is 2.65 bits per heavy atom. The van der Waals surface area contributed by atoms with Crippen molar-refractivity contribution < 1.29 is 14.5 Å². The number of nitro groups is 1. The lowest BCUT2D eigenvalue weighted by atomic mass is 10.1. The smallest absolute Gasteiger partial charge is 0.273 e. The number of hydrogen-bond acceptors (Lipinski definition) is 7. The summed E-state index contributed by atoms with van der Waals surface area (Å²) >= 11 is 7.65. The Kier molecular flexibility index (Phi) is 7.09. The first kappa shape index (κ1) is 22.9. The minimum absolute atomic E-state index is 0.0897. The molecule has 164 valence electrons. The summed E-state index contributed by atoms with van der Waals surface area (Å²) < 4.78 is 6.11. The zero-order chi connectivity index (χ0) is 22.7. The summed E-state index contributed by atoms with van der Waals surface area (Å²) in [5.41, 5.74) is 1.09. The highest BCUT2D eigenvalue weighted by molar-refractivity contribution is 7.23. The summed E-state index contributed by atoms with van der Waals surface area (Å²) in [6.45, 7) is 2.76. The van der Waals surface area contributed by atoms with Crippen LogP contribution < -0.4 is 9.64 Å². The fourth-order valence-electron chi connectivity index (χ4n) is 3.25. The van der Waals surface area contributed by atoms with Gasteiger partial charge in [0.25, 0.3) is 11.6 Å². The van der Waals surface area contributed by atoms with Crippen LogP contribution in [0.5, 0.6) is 5.75 Å². The van der Waals surface area contributed by atoms with Gasteiger partial charge >= 0.3 is 0 Å². The topological polar surface area (TPSA) is 88.8 Å². The first-order valence-electron chi connectivity index (χ1n) is 9.58. The molecule has 2 aromatic carbocycles. The predicted molar refractivity (Wildman–Crippen MR) is 124 cm³/mol. The maximum absolute atomic E-state index is 13.5. The van der Waals surface area contributed by atoms with Gasteiger partial charge in [0.05, 0.1) is 21.8 Å². The summed E-state index contributed by atoms with van der Waals surface area (Å²) in [4.78, 5) is 32.6. The van der Waals surface area contributed by atoms with Gasteiger partial charge in [-0.15, -0.1) is 0 Å². The third-order valence-corrected chi connectivity index (χ3v) is 6.40. The number of carbonyl (C=O) groups is 1. The second-order valence-corrected chi connectivity index (χ2v) is 8.63. The molecule has 0 aliphatic rings. The maximum Gasteiger partial charge on any atom is 0.273 e. The van der Waals surface area contributed by atoms with E-state index in [0.717, 1.165) is 11.2 Å². The van der Waals surface area contributed by atoms with Crippen molar-refractivity contribution in [3.63, 3.8) is 0 Å². The Hall–Kier alpha value is -2.75. The van der Waals surface area contributed by atoms with Crippen molar-refractivity contribution in [1.82, 2.24) is 9.88 Å². The van der Waals surface area contributed by atoms with E-state index in [1.54, 1.807) is 37.1 Å². The molecule has 3 aromatic rings. The number of halogens is 1. The highest BCUT2D eigenvalue weighted by Crippen LogP contribution is 2.39. The molecule has 1 heterocycles. The van der Waals surface area contributed by atoms with Crippen LogP contribution in [0.25, 0.3) is 10.2 Å². The van der Waals surface area contributed by atoms with Gasteiger partial charge in [0.1, 0.15) is 11.3 Å². The second-order valence-electron chi connectivity index (χ2n) is 7.24. The van der Waals surface area contributed by atoms with Crippen molar-refractivity contribution in [3.8, 4) is 5.75 Å². The molecule has 0 N–H and O–H groups in total. The Morgan fingerprint density at radius 1 is 1.26 bits per heavy atom. The summed E-state index contributed by atoms with van der Waals surface area (Å²) in [6.07, 6.45) is 0.702. The highest BCUT2D eigenvalue weighted by atomic mass is 35.5. The van der Waals surface area contributed by atoms with Crippen LogP contribution in [-0.4, -0.2) is 55.0 Å². The normalized spacial score (nSPS) is 11.2. The Labute approximate surface area is 189 Å². The van der Waals surface area contributed by atoms with Gasteiger partial charge in [-0.3, -0.25) is 19.8 Å². The molecule has 0 saturated heterocycles. The molecule has 0 radical (unpaired) electrons. The van der Waals surface area contributed by atoms with E-state index < -0.39 is 4.92 Å². The molecule has 0 fully saturated rings. The van der Waals surface area contributed by atoms with E-state index in [1.165, 1.54) is 23.5 Å². The number of thiazole rings is 1. The van der Waals surface area contributed by atoms with Gasteiger partial charge in [0.2, 0.25) is 0 Å². The number of ether oxygens (including phenoxy) is 1. The molecule has 0 saturated carbocycles. The van der Waals surface area contributed by atoms with Crippen LogP contribution in [0.1, 0.15) is 22.3 Å². The summed E-state index contributed by atoms with van der Waals surface area (Å²) in [5, 5.41) is 12.3. The largest absolute Gasteiger partial charge is 0.494 e. The van der Waals surface area contributed by atoms with Crippen molar-refractivity contribution in [3.05, 3.63) is 56.6 Å². The van der Waals surface area contributed by atoms with Gasteiger partial charge in [-0.05, 0) is 52.2 Å². The van der Waals surface area contributed by atoms with Gasteiger partial charge in [-0.1, -0.05) is 29.0 Å². The third-order valence-electron chi connectivity index (χ3n) is 4.86. The predicted octanol–water partition coefficient (Wildman–Crippen LogP) is 4.77. The van der Waals surface area contributed by atoms with E-state index in [4.69, 9.17) is 16.3 Å². The van der Waals surface area contributed by atoms with E-state index in [0.29, 0.717) is 39.9 Å². The summed E-state index contributed by atoms with van der Waals surface area (Å²) in [6, 6.07) is 7.98. The van der Waals surface area contributed by atoms with Crippen molar-refractivity contribution in [2.24, 2.45) is 0 Å². The van der Waals surface area contributed by atoms with E-state index in [-0.39, 0.29) is 17.2 Å². The molecule has 3 rings (SSSR count). The minimum Gasteiger partial charge on any atom is -0.494 e. The fourth-order valence-corrected chi connectivity index (χ4v) is 4.53. The molecule has 0 aliphatic carbocycles. The van der Waals surface area contributed by atoms with E-state index in [1.807, 2.05) is 19.0 Å². The molecule has 10 heteroatoms. The lowest BCUT2D eigenvalue weighted by Gasteiger charge is -2.21. The molecule has 0 atom stereocenters. The van der Waals surface area contributed by atoms with Crippen LogP contribution in [0.2, 0.25) is 5.02 Å². The number of rotatable bonds is 8. The van der Waals surface area contributed by atoms with Gasteiger partial charge in [0.15, 0.2) is 5.13 Å². The Bertz CT molecular complexity index is 1130. The van der Waals surface area contributed by atoms with Crippen LogP contribution in [0.15, 0.2) is 30.3 Å². The molecule has 1 amide bonds. The lowest BCUT2D eigenvalue weighted by Crippen LogP contribution is -2.34. The van der Waals surface area contributed by atoms with Crippen molar-refractivity contribution >= 4 is 49.9 Å². The average Bonchev–Trinajstić information content (AvgIpc) is 3.17. The van der Waals surface area contributed by atoms with Crippen LogP contribution in [0.4, 0.5) is 10.8 Å². The second kappa shape index (κ2) is 9.59. The first-order chi connectivity index (χ1) is 14.7. The SMILES string of the molecule is COc1ccc(Cl)c2sc(N(CCCN(C)C)C(=O)c3cccc([N+](=O)[O-])c3C)nc12. The van der Waals surface area contributed by atoms with Gasteiger partial charge in [-0.2, -0.15) is 0 Å². The van der Waals surface area contributed by atoms with Gasteiger partial charge in [-0.25, -0.2) is 4.98 Å². The lowest BCUT2D eigenvalue weighted by molar-refractivity contribution is -0.385. The fraction of sp³-hybridized carbons (Fsp3) is 0.333. The molecule has 0 aliphatic heterocycles. The number of aromatic nitrogens is 1. The minimum atomic E-state index is -0.481.